The Hall–Kier alpha value is -2.81. The van der Waals surface area contributed by atoms with E-state index in [1.165, 1.54) is 0 Å². The van der Waals surface area contributed by atoms with Crippen molar-refractivity contribution in [3.63, 3.8) is 0 Å². The second-order valence-electron chi connectivity index (χ2n) is 4.09. The van der Waals surface area contributed by atoms with E-state index in [1.807, 2.05) is 6.07 Å². The van der Waals surface area contributed by atoms with Gasteiger partial charge in [0.1, 0.15) is 0 Å². The third kappa shape index (κ3) is 2.34. The summed E-state index contributed by atoms with van der Waals surface area (Å²) in [6.07, 6.45) is 0. The van der Waals surface area contributed by atoms with Gasteiger partial charge in [-0.15, -0.1) is 0 Å². The second kappa shape index (κ2) is 5.45. The molecule has 2 aromatic rings. The maximum absolute atomic E-state index is 11.8. The van der Waals surface area contributed by atoms with E-state index in [1.54, 1.807) is 38.1 Å². The predicted octanol–water partition coefficient (Wildman–Crippen LogP) is 2.14. The summed E-state index contributed by atoms with van der Waals surface area (Å²) in [5.41, 5.74) is 1.35. The van der Waals surface area contributed by atoms with Crippen LogP contribution in [0.4, 0.5) is 0 Å². The van der Waals surface area contributed by atoms with Crippen LogP contribution in [0.3, 0.4) is 0 Å². The normalized spacial score (nSPS) is 10.1. The first-order valence-corrected chi connectivity index (χ1v) is 6.04. The summed E-state index contributed by atoms with van der Waals surface area (Å²) in [4.78, 5) is 15.9. The number of aryl methyl sites for hydroxylation is 1. The number of esters is 1. The number of benzene rings is 1. The number of aromatic nitrogens is 2. The van der Waals surface area contributed by atoms with E-state index < -0.39 is 5.97 Å². The minimum absolute atomic E-state index is 0.00999. The van der Waals surface area contributed by atoms with Gasteiger partial charge in [0.25, 0.3) is 0 Å². The third-order valence-corrected chi connectivity index (χ3v) is 2.75. The molecule has 0 saturated carbocycles. The molecule has 0 aliphatic rings. The fourth-order valence-electron chi connectivity index (χ4n) is 1.87. The third-order valence-electron chi connectivity index (χ3n) is 2.75. The zero-order chi connectivity index (χ0) is 14.7. The van der Waals surface area contributed by atoms with E-state index >= 15 is 0 Å². The lowest BCUT2D eigenvalue weighted by molar-refractivity contribution is 0.0476. The highest BCUT2D eigenvalue weighted by atomic mass is 16.5. The van der Waals surface area contributed by atoms with Crippen LogP contribution in [-0.2, 0) is 4.74 Å². The van der Waals surface area contributed by atoms with Crippen molar-refractivity contribution in [3.05, 3.63) is 41.2 Å². The van der Waals surface area contributed by atoms with Crippen LogP contribution < -0.4 is 0 Å². The molecule has 0 unspecified atom stereocenters. The SMILES string of the molecule is CCOC(=O)c1c(C)nc(-c2cccc(C#N)c2)n1O. The van der Waals surface area contributed by atoms with Gasteiger partial charge in [-0.05, 0) is 26.0 Å². The zero-order valence-corrected chi connectivity index (χ0v) is 11.1. The van der Waals surface area contributed by atoms with Gasteiger partial charge < -0.3 is 9.94 Å². The fraction of sp³-hybridized carbons (Fsp3) is 0.214. The van der Waals surface area contributed by atoms with Gasteiger partial charge in [0, 0.05) is 5.56 Å². The molecule has 2 rings (SSSR count). The number of nitriles is 1. The molecule has 0 atom stereocenters. The van der Waals surface area contributed by atoms with Crippen LogP contribution in [0, 0.1) is 18.3 Å². The molecule has 1 aromatic carbocycles. The van der Waals surface area contributed by atoms with E-state index in [2.05, 4.69) is 4.98 Å². The molecule has 0 aliphatic heterocycles. The lowest BCUT2D eigenvalue weighted by Crippen LogP contribution is -2.12. The number of ether oxygens (including phenoxy) is 1. The number of carbonyl (C=O) groups excluding carboxylic acids is 1. The smallest absolute Gasteiger partial charge is 0.360 e. The molecule has 20 heavy (non-hydrogen) atoms. The van der Waals surface area contributed by atoms with Crippen molar-refractivity contribution in [1.82, 2.24) is 9.71 Å². The molecular weight excluding hydrogens is 258 g/mol. The molecule has 6 nitrogen and oxygen atoms in total. The van der Waals surface area contributed by atoms with Crippen molar-refractivity contribution in [2.24, 2.45) is 0 Å². The lowest BCUT2D eigenvalue weighted by atomic mass is 10.1. The number of carbonyl (C=O) groups is 1. The quantitative estimate of drug-likeness (QED) is 0.682. The Morgan fingerprint density at radius 3 is 2.95 bits per heavy atom. The zero-order valence-electron chi connectivity index (χ0n) is 11.1. The molecule has 0 fully saturated rings. The van der Waals surface area contributed by atoms with Crippen LogP contribution >= 0.6 is 0 Å². The number of hydrogen-bond acceptors (Lipinski definition) is 5. The molecule has 0 amide bonds. The standard InChI is InChI=1S/C14H13N3O3/c1-3-20-14(18)12-9(2)16-13(17(12)19)11-6-4-5-10(7-11)8-15/h4-7,19H,3H2,1-2H3. The van der Waals surface area contributed by atoms with Gasteiger partial charge in [-0.3, -0.25) is 0 Å². The molecule has 1 aromatic heterocycles. The van der Waals surface area contributed by atoms with Gasteiger partial charge in [-0.2, -0.15) is 9.99 Å². The molecule has 0 spiro atoms. The maximum Gasteiger partial charge on any atom is 0.360 e. The van der Waals surface area contributed by atoms with Crippen LogP contribution in [0.25, 0.3) is 11.4 Å². The number of imidazole rings is 1. The van der Waals surface area contributed by atoms with E-state index in [4.69, 9.17) is 10.00 Å². The number of nitrogens with zero attached hydrogens (tertiary/aromatic N) is 3. The first-order chi connectivity index (χ1) is 9.58. The molecule has 6 heteroatoms. The molecule has 0 bridgehead atoms. The van der Waals surface area contributed by atoms with Crippen LogP contribution in [0.15, 0.2) is 24.3 Å². The molecule has 0 radical (unpaired) electrons. The molecule has 102 valence electrons. The Morgan fingerprint density at radius 2 is 2.30 bits per heavy atom. The average molecular weight is 271 g/mol. The van der Waals surface area contributed by atoms with Crippen LogP contribution in [-0.4, -0.2) is 27.5 Å². The summed E-state index contributed by atoms with van der Waals surface area (Å²) < 4.78 is 5.57. The minimum Gasteiger partial charge on any atom is -0.461 e. The molecular formula is C14H13N3O3. The Balaban J connectivity index is 2.51. The Labute approximate surface area is 115 Å². The van der Waals surface area contributed by atoms with Gasteiger partial charge >= 0.3 is 5.97 Å². The summed E-state index contributed by atoms with van der Waals surface area (Å²) in [5, 5.41) is 19.0. The van der Waals surface area contributed by atoms with Gasteiger partial charge in [-0.25, -0.2) is 9.78 Å². The first-order valence-electron chi connectivity index (χ1n) is 6.04. The summed E-state index contributed by atoms with van der Waals surface area (Å²) >= 11 is 0. The van der Waals surface area contributed by atoms with Crippen molar-refractivity contribution in [2.45, 2.75) is 13.8 Å². The van der Waals surface area contributed by atoms with Crippen LogP contribution in [0.2, 0.25) is 0 Å². The summed E-state index contributed by atoms with van der Waals surface area (Å²) in [6.45, 7) is 3.50. The Morgan fingerprint density at radius 1 is 1.55 bits per heavy atom. The average Bonchev–Trinajstić information content (AvgIpc) is 2.74. The summed E-state index contributed by atoms with van der Waals surface area (Å²) in [6, 6.07) is 8.62. The number of rotatable bonds is 3. The molecule has 0 aliphatic carbocycles. The van der Waals surface area contributed by atoms with Crippen molar-refractivity contribution in [1.29, 1.82) is 5.26 Å². The van der Waals surface area contributed by atoms with Crippen molar-refractivity contribution >= 4 is 5.97 Å². The maximum atomic E-state index is 11.8. The van der Waals surface area contributed by atoms with Crippen molar-refractivity contribution in [3.8, 4) is 17.5 Å². The van der Waals surface area contributed by atoms with Gasteiger partial charge in [0.15, 0.2) is 11.5 Å². The van der Waals surface area contributed by atoms with E-state index in [0.717, 1.165) is 0 Å². The van der Waals surface area contributed by atoms with Crippen molar-refractivity contribution < 1.29 is 14.7 Å². The molecule has 0 saturated heterocycles. The van der Waals surface area contributed by atoms with Gasteiger partial charge in [0.2, 0.25) is 0 Å². The van der Waals surface area contributed by atoms with E-state index in [0.29, 0.717) is 21.6 Å². The van der Waals surface area contributed by atoms with E-state index in [9.17, 15) is 10.0 Å². The highest BCUT2D eigenvalue weighted by molar-refractivity contribution is 5.89. The van der Waals surface area contributed by atoms with Crippen LogP contribution in [0.1, 0.15) is 28.7 Å². The first kappa shape index (κ1) is 13.6. The van der Waals surface area contributed by atoms with Gasteiger partial charge in [0.05, 0.1) is 23.9 Å². The summed E-state index contributed by atoms with van der Waals surface area (Å²) in [7, 11) is 0. The highest BCUT2D eigenvalue weighted by Crippen LogP contribution is 2.22. The van der Waals surface area contributed by atoms with Crippen molar-refractivity contribution in [2.75, 3.05) is 6.61 Å². The monoisotopic (exact) mass is 271 g/mol. The Kier molecular flexibility index (Phi) is 3.71. The largest absolute Gasteiger partial charge is 0.461 e. The second-order valence-corrected chi connectivity index (χ2v) is 4.09. The lowest BCUT2D eigenvalue weighted by Gasteiger charge is -2.04. The predicted molar refractivity (Wildman–Crippen MR) is 70.3 cm³/mol. The van der Waals surface area contributed by atoms with Crippen LogP contribution in [0.5, 0.6) is 0 Å². The molecule has 1 heterocycles. The van der Waals surface area contributed by atoms with E-state index in [-0.39, 0.29) is 18.1 Å². The molecule has 1 N–H and O–H groups in total. The summed E-state index contributed by atoms with van der Waals surface area (Å²) in [5.74, 6) is -0.439. The van der Waals surface area contributed by atoms with Gasteiger partial charge in [-0.1, -0.05) is 12.1 Å². The topological polar surface area (TPSA) is 88.1 Å². The minimum atomic E-state index is -0.636. The fourth-order valence-corrected chi connectivity index (χ4v) is 1.87. The number of hydrogen-bond donors (Lipinski definition) is 1. The Bertz CT molecular complexity index is 698. The highest BCUT2D eigenvalue weighted by Gasteiger charge is 2.22.